The molecule has 1 aliphatic carbocycles. The lowest BCUT2D eigenvalue weighted by atomic mass is 9.71. The second-order valence-corrected chi connectivity index (χ2v) is 9.92. The van der Waals surface area contributed by atoms with E-state index in [0.29, 0.717) is 11.7 Å². The Morgan fingerprint density at radius 3 is 2.27 bits per heavy atom. The molecule has 0 unspecified atom stereocenters. The molecule has 0 atom stereocenters. The number of thioether (sulfide) groups is 1. The van der Waals surface area contributed by atoms with Crippen molar-refractivity contribution in [1.82, 2.24) is 0 Å². The largest absolute Gasteiger partial charge is 0.487 e. The highest BCUT2D eigenvalue weighted by molar-refractivity contribution is 8.02. The van der Waals surface area contributed by atoms with Gasteiger partial charge in [-0.25, -0.2) is 0 Å². The van der Waals surface area contributed by atoms with E-state index in [-0.39, 0.29) is 21.9 Å². The van der Waals surface area contributed by atoms with E-state index in [1.807, 2.05) is 4.90 Å². The van der Waals surface area contributed by atoms with Crippen LogP contribution in [0.25, 0.3) is 0 Å². The molecule has 2 fully saturated rings. The van der Waals surface area contributed by atoms with E-state index in [1.165, 1.54) is 12.1 Å². The van der Waals surface area contributed by atoms with Crippen molar-refractivity contribution in [3.63, 3.8) is 0 Å². The number of hydrogen-bond donors (Lipinski definition) is 0. The number of halogens is 3. The van der Waals surface area contributed by atoms with Gasteiger partial charge in [-0.05, 0) is 61.3 Å². The summed E-state index contributed by atoms with van der Waals surface area (Å²) in [6, 6.07) is 6.16. The summed E-state index contributed by atoms with van der Waals surface area (Å²) in [5.41, 5.74) is -2.75. The maximum Gasteiger partial charge on any atom is 0.487 e. The molecule has 26 heavy (non-hydrogen) atoms. The van der Waals surface area contributed by atoms with Crippen LogP contribution in [0.4, 0.5) is 14.5 Å². The predicted octanol–water partition coefficient (Wildman–Crippen LogP) is 5.87. The third-order valence-electron chi connectivity index (χ3n) is 5.44. The average molecular weight is 404 g/mol. The zero-order valence-corrected chi connectivity index (χ0v) is 16.8. The number of amides is 1. The van der Waals surface area contributed by atoms with Gasteiger partial charge in [0, 0.05) is 17.3 Å². The molecule has 0 radical (unpaired) electrons. The molecule has 2 aliphatic rings. The van der Waals surface area contributed by atoms with Crippen LogP contribution < -0.4 is 9.64 Å². The van der Waals surface area contributed by atoms with Crippen molar-refractivity contribution in [3.05, 3.63) is 24.3 Å². The van der Waals surface area contributed by atoms with E-state index < -0.39 is 5.57 Å². The predicted molar refractivity (Wildman–Crippen MR) is 102 cm³/mol. The van der Waals surface area contributed by atoms with Gasteiger partial charge in [0.05, 0.1) is 10.6 Å². The van der Waals surface area contributed by atoms with E-state index in [0.717, 1.165) is 31.4 Å². The minimum atomic E-state index is -3.74. The Kier molecular flexibility index (Phi) is 5.21. The van der Waals surface area contributed by atoms with Crippen LogP contribution in [0.2, 0.25) is 0 Å². The van der Waals surface area contributed by atoms with Crippen molar-refractivity contribution in [3.8, 4) is 5.75 Å². The fourth-order valence-corrected chi connectivity index (χ4v) is 5.50. The lowest BCUT2D eigenvalue weighted by molar-refractivity contribution is -0.116. The van der Waals surface area contributed by atoms with Gasteiger partial charge in [0.1, 0.15) is 5.75 Å². The lowest BCUT2D eigenvalue weighted by Crippen LogP contribution is -2.48. The Labute approximate surface area is 162 Å². The first-order valence-electron chi connectivity index (χ1n) is 8.83. The molecule has 0 N–H and O–H groups in total. The quantitative estimate of drug-likeness (QED) is 0.591. The van der Waals surface area contributed by atoms with Crippen molar-refractivity contribution >= 4 is 35.0 Å². The molecule has 7 heteroatoms. The molecule has 3 nitrogen and oxygen atoms in total. The smallest absolute Gasteiger partial charge is 0.420 e. The summed E-state index contributed by atoms with van der Waals surface area (Å²) in [7, 11) is 0. The van der Waals surface area contributed by atoms with Gasteiger partial charge in [-0.15, -0.1) is 20.5 Å². The molecule has 1 spiro atoms. The minimum absolute atomic E-state index is 0.0291. The van der Waals surface area contributed by atoms with Crippen molar-refractivity contribution < 1.29 is 18.3 Å². The fraction of sp³-hybridized carbons (Fsp3) is 0.632. The molecule has 1 aliphatic heterocycles. The van der Waals surface area contributed by atoms with Crippen LogP contribution in [0.15, 0.2) is 24.3 Å². The van der Waals surface area contributed by atoms with Crippen molar-refractivity contribution in [2.45, 2.75) is 56.9 Å². The van der Waals surface area contributed by atoms with Crippen LogP contribution in [0.5, 0.6) is 5.75 Å². The van der Waals surface area contributed by atoms with Gasteiger partial charge in [0.2, 0.25) is 5.91 Å². The van der Waals surface area contributed by atoms with E-state index >= 15 is 0 Å². The Morgan fingerprint density at radius 1 is 1.19 bits per heavy atom. The highest BCUT2D eigenvalue weighted by Gasteiger charge is 2.49. The number of anilines is 1. The number of carbonyl (C=O) groups excluding carboxylic acids is 1. The lowest BCUT2D eigenvalue weighted by Gasteiger charge is -2.45. The van der Waals surface area contributed by atoms with Crippen LogP contribution in [-0.4, -0.2) is 22.1 Å². The van der Waals surface area contributed by atoms with E-state index in [1.54, 1.807) is 23.9 Å². The Balaban J connectivity index is 1.79. The number of alkyl halides is 3. The number of rotatable bonds is 3. The monoisotopic (exact) mass is 403 g/mol. The molecule has 144 valence electrons. The molecular weight excluding hydrogens is 380 g/mol. The summed E-state index contributed by atoms with van der Waals surface area (Å²) < 4.78 is 29.9. The molecule has 3 rings (SSSR count). The second kappa shape index (κ2) is 6.86. The van der Waals surface area contributed by atoms with Crippen molar-refractivity contribution in [2.75, 3.05) is 10.7 Å². The van der Waals surface area contributed by atoms with Crippen LogP contribution >= 0.6 is 23.4 Å². The first kappa shape index (κ1) is 19.7. The van der Waals surface area contributed by atoms with Crippen molar-refractivity contribution in [1.29, 1.82) is 0 Å². The molecule has 1 saturated carbocycles. The molecule has 0 aromatic heterocycles. The van der Waals surface area contributed by atoms with Gasteiger partial charge in [-0.2, -0.15) is 0 Å². The van der Waals surface area contributed by atoms with Crippen molar-refractivity contribution in [2.24, 2.45) is 11.3 Å². The first-order valence-corrected chi connectivity index (χ1v) is 10.2. The van der Waals surface area contributed by atoms with E-state index in [2.05, 4.69) is 25.5 Å². The summed E-state index contributed by atoms with van der Waals surface area (Å²) in [5.74, 6) is 1.14. The summed E-state index contributed by atoms with van der Waals surface area (Å²) >= 11 is 6.51. The maximum atomic E-state index is 12.8. The van der Waals surface area contributed by atoms with Crippen LogP contribution in [0, 0.1) is 11.3 Å². The summed E-state index contributed by atoms with van der Waals surface area (Å²) in [6.45, 7) is 6.81. The average Bonchev–Trinajstić information content (AvgIpc) is 2.83. The van der Waals surface area contributed by atoms with Crippen LogP contribution in [-0.2, 0) is 4.79 Å². The molecular formula is C19H24ClF2NO2S. The Hall–Kier alpha value is -1.01. The van der Waals surface area contributed by atoms with Crippen LogP contribution in [0.3, 0.4) is 0 Å². The molecule has 1 heterocycles. The van der Waals surface area contributed by atoms with Gasteiger partial charge < -0.3 is 4.74 Å². The number of benzene rings is 1. The molecule has 1 aromatic rings. The highest BCUT2D eigenvalue weighted by atomic mass is 35.5. The van der Waals surface area contributed by atoms with E-state index in [9.17, 15) is 13.6 Å². The molecule has 0 bridgehead atoms. The second-order valence-electron chi connectivity index (χ2n) is 8.15. The standard InChI is InChI=1S/C19H24ClF2NO2S/c1-17(2,3)13-8-10-18(11-9-13)23(16(24)12-26-18)14-4-6-15(7-5-14)25-19(20,21)22/h4-7,13H,8-12H2,1-3H3. The van der Waals surface area contributed by atoms with E-state index in [4.69, 9.17) is 11.6 Å². The fourth-order valence-electron chi connectivity index (χ4n) is 4.03. The SMILES string of the molecule is CC(C)(C)C1CCC2(CC1)SCC(=O)N2c1ccc(OC(F)(F)Cl)cc1. The number of hydrogen-bond acceptors (Lipinski definition) is 3. The van der Waals surface area contributed by atoms with Crippen LogP contribution in [0.1, 0.15) is 46.5 Å². The normalized spacial score (nSPS) is 27.2. The van der Waals surface area contributed by atoms with Gasteiger partial charge in [-0.3, -0.25) is 9.69 Å². The molecule has 1 saturated heterocycles. The Bertz CT molecular complexity index is 662. The van der Waals surface area contributed by atoms with Gasteiger partial charge >= 0.3 is 5.57 Å². The topological polar surface area (TPSA) is 29.5 Å². The number of nitrogens with zero attached hydrogens (tertiary/aromatic N) is 1. The summed E-state index contributed by atoms with van der Waals surface area (Å²) in [4.78, 5) is 14.2. The highest BCUT2D eigenvalue weighted by Crippen LogP contribution is 2.52. The third-order valence-corrected chi connectivity index (χ3v) is 7.04. The minimum Gasteiger partial charge on any atom is -0.420 e. The maximum absolute atomic E-state index is 12.8. The summed E-state index contributed by atoms with van der Waals surface area (Å²) in [6.07, 6.45) is 4.06. The van der Waals surface area contributed by atoms with Gasteiger partial charge in [0.25, 0.3) is 0 Å². The molecule has 1 aromatic carbocycles. The van der Waals surface area contributed by atoms with Gasteiger partial charge in [0.15, 0.2) is 0 Å². The first-order chi connectivity index (χ1) is 12.0. The zero-order valence-electron chi connectivity index (χ0n) is 15.2. The zero-order chi connectivity index (χ0) is 19.2. The van der Waals surface area contributed by atoms with Gasteiger partial charge in [-0.1, -0.05) is 20.8 Å². The number of carbonyl (C=O) groups is 1. The number of ether oxygens (including phenoxy) is 1. The Morgan fingerprint density at radius 2 is 1.77 bits per heavy atom. The third kappa shape index (κ3) is 4.11. The summed E-state index contributed by atoms with van der Waals surface area (Å²) in [5, 5.41) is 0. The molecule has 1 amide bonds.